The third-order valence-corrected chi connectivity index (χ3v) is 4.75. The first kappa shape index (κ1) is 15.5. The Morgan fingerprint density at radius 3 is 3.00 bits per heavy atom. The molecule has 1 amide bonds. The number of hydrogen-bond donors (Lipinski definition) is 1. The quantitative estimate of drug-likeness (QED) is 0.856. The third-order valence-electron chi connectivity index (χ3n) is 2.70. The van der Waals surface area contributed by atoms with Gasteiger partial charge in [0.15, 0.2) is 5.13 Å². The van der Waals surface area contributed by atoms with Crippen LogP contribution in [0.1, 0.15) is 24.6 Å². The van der Waals surface area contributed by atoms with Crippen molar-refractivity contribution >= 4 is 34.1 Å². The molecule has 1 atom stereocenters. The number of amides is 1. The SMILES string of the molecule is CCC(Sc1nc(C)ccc1C#N)C(=O)Nc1nccs1. The maximum absolute atomic E-state index is 12.3. The van der Waals surface area contributed by atoms with Crippen LogP contribution < -0.4 is 5.32 Å². The predicted octanol–water partition coefficient (Wildman–Crippen LogP) is 3.23. The zero-order valence-corrected chi connectivity index (χ0v) is 13.3. The fraction of sp³-hybridized carbons (Fsp3) is 0.286. The fourth-order valence-electron chi connectivity index (χ4n) is 1.64. The van der Waals surface area contributed by atoms with E-state index in [0.717, 1.165) is 5.69 Å². The van der Waals surface area contributed by atoms with Gasteiger partial charge < -0.3 is 5.32 Å². The number of carbonyl (C=O) groups excluding carboxylic acids is 1. The molecule has 0 aliphatic carbocycles. The first-order valence-electron chi connectivity index (χ1n) is 6.38. The van der Waals surface area contributed by atoms with Crippen LogP contribution >= 0.6 is 23.1 Å². The summed E-state index contributed by atoms with van der Waals surface area (Å²) < 4.78 is 0. The summed E-state index contributed by atoms with van der Waals surface area (Å²) in [5, 5.41) is 14.6. The number of aromatic nitrogens is 2. The van der Waals surface area contributed by atoms with Crippen molar-refractivity contribution in [2.24, 2.45) is 0 Å². The number of nitrogens with zero attached hydrogens (tertiary/aromatic N) is 3. The Labute approximate surface area is 131 Å². The lowest BCUT2D eigenvalue weighted by molar-refractivity contribution is -0.115. The van der Waals surface area contributed by atoms with Gasteiger partial charge in [-0.1, -0.05) is 18.7 Å². The van der Waals surface area contributed by atoms with Gasteiger partial charge in [-0.2, -0.15) is 5.26 Å². The van der Waals surface area contributed by atoms with Crippen molar-refractivity contribution in [3.8, 4) is 6.07 Å². The summed E-state index contributed by atoms with van der Waals surface area (Å²) in [5.41, 5.74) is 1.32. The molecule has 1 unspecified atom stereocenters. The van der Waals surface area contributed by atoms with Crippen molar-refractivity contribution in [2.45, 2.75) is 30.5 Å². The fourth-order valence-corrected chi connectivity index (χ4v) is 3.21. The smallest absolute Gasteiger partial charge is 0.239 e. The zero-order valence-electron chi connectivity index (χ0n) is 11.7. The lowest BCUT2D eigenvalue weighted by Crippen LogP contribution is -2.24. The van der Waals surface area contributed by atoms with Gasteiger partial charge in [0.1, 0.15) is 11.1 Å². The number of pyridine rings is 1. The van der Waals surface area contributed by atoms with E-state index in [1.807, 2.05) is 13.8 Å². The van der Waals surface area contributed by atoms with Crippen LogP contribution in [0.4, 0.5) is 5.13 Å². The lowest BCUT2D eigenvalue weighted by atomic mass is 10.3. The predicted molar refractivity (Wildman–Crippen MR) is 84.4 cm³/mol. The molecule has 0 aliphatic rings. The molecule has 0 saturated heterocycles. The Morgan fingerprint density at radius 2 is 2.38 bits per heavy atom. The molecule has 0 aliphatic heterocycles. The van der Waals surface area contributed by atoms with Gasteiger partial charge in [-0.3, -0.25) is 4.79 Å². The average Bonchev–Trinajstić information content (AvgIpc) is 2.97. The minimum Gasteiger partial charge on any atom is -0.301 e. The highest BCUT2D eigenvalue weighted by Crippen LogP contribution is 2.28. The van der Waals surface area contributed by atoms with Crippen LogP contribution in [0, 0.1) is 18.3 Å². The Kier molecular flexibility index (Phi) is 5.31. The van der Waals surface area contributed by atoms with Crippen LogP contribution in [0.3, 0.4) is 0 Å². The van der Waals surface area contributed by atoms with Gasteiger partial charge >= 0.3 is 0 Å². The molecular weight excluding hydrogens is 304 g/mol. The number of thioether (sulfide) groups is 1. The first-order valence-corrected chi connectivity index (χ1v) is 8.14. The molecule has 1 N–H and O–H groups in total. The van der Waals surface area contributed by atoms with Crippen molar-refractivity contribution in [1.29, 1.82) is 5.26 Å². The van der Waals surface area contributed by atoms with Crippen molar-refractivity contribution in [3.63, 3.8) is 0 Å². The highest BCUT2D eigenvalue weighted by molar-refractivity contribution is 8.00. The molecule has 2 rings (SSSR count). The molecule has 0 spiro atoms. The summed E-state index contributed by atoms with van der Waals surface area (Å²) in [7, 11) is 0. The zero-order chi connectivity index (χ0) is 15.2. The summed E-state index contributed by atoms with van der Waals surface area (Å²) in [6.07, 6.45) is 2.28. The van der Waals surface area contributed by atoms with E-state index in [4.69, 9.17) is 5.26 Å². The summed E-state index contributed by atoms with van der Waals surface area (Å²) in [6, 6.07) is 5.63. The summed E-state index contributed by atoms with van der Waals surface area (Å²) >= 11 is 2.69. The van der Waals surface area contributed by atoms with Gasteiger partial charge in [-0.15, -0.1) is 11.3 Å². The minimum atomic E-state index is -0.310. The molecule has 0 radical (unpaired) electrons. The maximum atomic E-state index is 12.3. The van der Waals surface area contributed by atoms with E-state index in [2.05, 4.69) is 21.4 Å². The minimum absolute atomic E-state index is 0.121. The average molecular weight is 318 g/mol. The molecule has 21 heavy (non-hydrogen) atoms. The van der Waals surface area contributed by atoms with Gasteiger partial charge in [0, 0.05) is 17.3 Å². The van der Waals surface area contributed by atoms with E-state index in [9.17, 15) is 4.79 Å². The normalized spacial score (nSPS) is 11.7. The Morgan fingerprint density at radius 1 is 1.57 bits per heavy atom. The summed E-state index contributed by atoms with van der Waals surface area (Å²) in [4.78, 5) is 20.7. The van der Waals surface area contributed by atoms with Crippen LogP contribution in [0.2, 0.25) is 0 Å². The van der Waals surface area contributed by atoms with E-state index in [1.165, 1.54) is 23.1 Å². The van der Waals surface area contributed by atoms with Crippen LogP contribution in [0.25, 0.3) is 0 Å². The molecule has 108 valence electrons. The number of thiazole rings is 1. The van der Waals surface area contributed by atoms with Gasteiger partial charge in [0.2, 0.25) is 5.91 Å². The standard InChI is InChI=1S/C14H14N4OS2/c1-3-11(12(19)18-14-16-6-7-20-14)21-13-10(8-15)5-4-9(2)17-13/h4-7,11H,3H2,1-2H3,(H,16,18,19). The molecular formula is C14H14N4OS2. The van der Waals surface area contributed by atoms with Crippen molar-refractivity contribution in [3.05, 3.63) is 35.0 Å². The Bertz CT molecular complexity index is 664. The molecule has 0 fully saturated rings. The molecule has 0 saturated carbocycles. The van der Waals surface area contributed by atoms with Crippen LogP contribution in [-0.2, 0) is 4.79 Å². The summed E-state index contributed by atoms with van der Waals surface area (Å²) in [5.74, 6) is -0.121. The monoisotopic (exact) mass is 318 g/mol. The molecule has 2 heterocycles. The molecule has 2 aromatic rings. The highest BCUT2D eigenvalue weighted by atomic mass is 32.2. The third kappa shape index (κ3) is 4.03. The first-order chi connectivity index (χ1) is 10.1. The maximum Gasteiger partial charge on any atom is 0.239 e. The Balaban J connectivity index is 2.14. The highest BCUT2D eigenvalue weighted by Gasteiger charge is 2.21. The molecule has 7 heteroatoms. The number of anilines is 1. The van der Waals surface area contributed by atoms with Crippen molar-refractivity contribution < 1.29 is 4.79 Å². The number of nitrogens with one attached hydrogen (secondary N) is 1. The number of nitriles is 1. The number of rotatable bonds is 5. The largest absolute Gasteiger partial charge is 0.301 e. The van der Waals surface area contributed by atoms with E-state index in [0.29, 0.717) is 22.1 Å². The van der Waals surface area contributed by atoms with E-state index in [-0.39, 0.29) is 11.2 Å². The molecule has 0 bridgehead atoms. The second kappa shape index (κ2) is 7.20. The number of aryl methyl sites for hydroxylation is 1. The molecule has 2 aromatic heterocycles. The second-order valence-corrected chi connectivity index (χ2v) is 6.34. The van der Waals surface area contributed by atoms with Gasteiger partial charge in [0.25, 0.3) is 0 Å². The van der Waals surface area contributed by atoms with E-state index < -0.39 is 0 Å². The molecule has 0 aromatic carbocycles. The van der Waals surface area contributed by atoms with E-state index in [1.54, 1.807) is 23.7 Å². The lowest BCUT2D eigenvalue weighted by Gasteiger charge is -2.14. The van der Waals surface area contributed by atoms with Crippen LogP contribution in [-0.4, -0.2) is 21.1 Å². The van der Waals surface area contributed by atoms with E-state index >= 15 is 0 Å². The van der Waals surface area contributed by atoms with Crippen molar-refractivity contribution in [1.82, 2.24) is 9.97 Å². The van der Waals surface area contributed by atoms with Crippen LogP contribution in [0.15, 0.2) is 28.7 Å². The number of hydrogen-bond acceptors (Lipinski definition) is 6. The Hall–Kier alpha value is -1.91. The molecule has 5 nitrogen and oxygen atoms in total. The van der Waals surface area contributed by atoms with Gasteiger partial charge in [-0.05, 0) is 25.5 Å². The second-order valence-electron chi connectivity index (χ2n) is 4.26. The van der Waals surface area contributed by atoms with Crippen LogP contribution in [0.5, 0.6) is 0 Å². The van der Waals surface area contributed by atoms with Gasteiger partial charge in [0.05, 0.1) is 10.8 Å². The van der Waals surface area contributed by atoms with Crippen molar-refractivity contribution in [2.75, 3.05) is 5.32 Å². The van der Waals surface area contributed by atoms with Gasteiger partial charge in [-0.25, -0.2) is 9.97 Å². The summed E-state index contributed by atoms with van der Waals surface area (Å²) in [6.45, 7) is 3.79. The number of carbonyl (C=O) groups is 1. The topological polar surface area (TPSA) is 78.7 Å².